The summed E-state index contributed by atoms with van der Waals surface area (Å²) < 4.78 is 5.93. The highest BCUT2D eigenvalue weighted by molar-refractivity contribution is 5.07. The first-order valence-electron chi connectivity index (χ1n) is 7.64. The van der Waals surface area contributed by atoms with Gasteiger partial charge in [-0.1, -0.05) is 13.8 Å². The van der Waals surface area contributed by atoms with Crippen molar-refractivity contribution in [1.82, 2.24) is 10.2 Å². The van der Waals surface area contributed by atoms with Gasteiger partial charge in [-0.05, 0) is 49.8 Å². The molecule has 0 radical (unpaired) electrons. The summed E-state index contributed by atoms with van der Waals surface area (Å²) in [5.41, 5.74) is 0.460. The van der Waals surface area contributed by atoms with Crippen molar-refractivity contribution < 1.29 is 4.42 Å². The van der Waals surface area contributed by atoms with Crippen LogP contribution in [0.1, 0.15) is 51.1 Å². The minimum Gasteiger partial charge on any atom is -0.463 e. The first-order chi connectivity index (χ1) is 9.11. The van der Waals surface area contributed by atoms with Gasteiger partial charge in [0.25, 0.3) is 0 Å². The molecule has 3 heteroatoms. The second-order valence-electron chi connectivity index (χ2n) is 7.00. The van der Waals surface area contributed by atoms with Crippen LogP contribution in [0.4, 0.5) is 0 Å². The Morgan fingerprint density at radius 2 is 2.11 bits per heavy atom. The summed E-state index contributed by atoms with van der Waals surface area (Å²) in [6.07, 6.45) is 5.31. The van der Waals surface area contributed by atoms with Crippen LogP contribution in [0.5, 0.6) is 0 Å². The maximum atomic E-state index is 5.93. The summed E-state index contributed by atoms with van der Waals surface area (Å²) in [5, 5.41) is 3.50. The first-order valence-corrected chi connectivity index (χ1v) is 7.64. The summed E-state index contributed by atoms with van der Waals surface area (Å²) in [6, 6.07) is 5.02. The molecule has 1 saturated carbocycles. The minimum absolute atomic E-state index is 0.460. The summed E-state index contributed by atoms with van der Waals surface area (Å²) >= 11 is 0. The van der Waals surface area contributed by atoms with E-state index >= 15 is 0 Å². The largest absolute Gasteiger partial charge is 0.463 e. The molecule has 0 atom stereocenters. The zero-order valence-corrected chi connectivity index (χ0v) is 12.2. The van der Waals surface area contributed by atoms with Crippen LogP contribution in [0.2, 0.25) is 0 Å². The van der Waals surface area contributed by atoms with E-state index in [2.05, 4.69) is 36.2 Å². The average molecular weight is 262 g/mol. The fourth-order valence-corrected chi connectivity index (χ4v) is 3.03. The molecule has 1 N–H and O–H groups in total. The zero-order valence-electron chi connectivity index (χ0n) is 12.2. The van der Waals surface area contributed by atoms with E-state index < -0.39 is 0 Å². The smallest absolute Gasteiger partial charge is 0.118 e. The van der Waals surface area contributed by atoms with E-state index in [1.54, 1.807) is 0 Å². The lowest BCUT2D eigenvalue weighted by molar-refractivity contribution is 0.104. The van der Waals surface area contributed by atoms with Gasteiger partial charge in [0.2, 0.25) is 0 Å². The van der Waals surface area contributed by atoms with E-state index in [0.717, 1.165) is 30.7 Å². The quantitative estimate of drug-likeness (QED) is 0.883. The third-order valence-corrected chi connectivity index (χ3v) is 4.22. The van der Waals surface area contributed by atoms with E-state index in [-0.39, 0.29) is 0 Å². The van der Waals surface area contributed by atoms with E-state index in [4.69, 9.17) is 4.42 Å². The van der Waals surface area contributed by atoms with Crippen molar-refractivity contribution in [2.24, 2.45) is 5.41 Å². The van der Waals surface area contributed by atoms with Gasteiger partial charge in [0.15, 0.2) is 0 Å². The van der Waals surface area contributed by atoms with Crippen LogP contribution in [-0.2, 0) is 13.1 Å². The van der Waals surface area contributed by atoms with Crippen LogP contribution in [0, 0.1) is 5.41 Å². The van der Waals surface area contributed by atoms with Gasteiger partial charge < -0.3 is 9.73 Å². The van der Waals surface area contributed by atoms with E-state index in [1.807, 2.05) is 0 Å². The molecule has 0 amide bonds. The van der Waals surface area contributed by atoms with Crippen molar-refractivity contribution in [2.45, 2.75) is 58.7 Å². The molecule has 1 aromatic rings. The first kappa shape index (κ1) is 13.2. The number of piperidine rings is 1. The second-order valence-corrected chi connectivity index (χ2v) is 7.00. The molecule has 0 unspecified atom stereocenters. The Bertz CT molecular complexity index is 420. The Kier molecular flexibility index (Phi) is 3.68. The van der Waals surface area contributed by atoms with Gasteiger partial charge in [-0.3, -0.25) is 4.90 Å². The second kappa shape index (κ2) is 5.29. The molecule has 1 aliphatic carbocycles. The molecule has 19 heavy (non-hydrogen) atoms. The number of hydrogen-bond donors (Lipinski definition) is 1. The van der Waals surface area contributed by atoms with Crippen LogP contribution in [-0.4, -0.2) is 24.0 Å². The predicted molar refractivity (Wildman–Crippen MR) is 76.9 cm³/mol. The monoisotopic (exact) mass is 262 g/mol. The molecule has 1 aromatic heterocycles. The van der Waals surface area contributed by atoms with Gasteiger partial charge >= 0.3 is 0 Å². The van der Waals surface area contributed by atoms with Gasteiger partial charge in [-0.2, -0.15) is 0 Å². The normalized spacial score (nSPS) is 23.7. The standard InChI is InChI=1S/C16H26N2O/c1-16(2)8-3-9-18(12-16)11-15-7-6-14(19-15)10-17-13-4-5-13/h6-7,13,17H,3-5,8-12H2,1-2H3. The van der Waals surface area contributed by atoms with Gasteiger partial charge in [-0.15, -0.1) is 0 Å². The lowest BCUT2D eigenvalue weighted by Crippen LogP contribution is -2.39. The molecule has 3 rings (SSSR count). The van der Waals surface area contributed by atoms with Crippen molar-refractivity contribution in [3.63, 3.8) is 0 Å². The van der Waals surface area contributed by atoms with Crippen LogP contribution in [0.3, 0.4) is 0 Å². The number of rotatable bonds is 5. The summed E-state index contributed by atoms with van der Waals surface area (Å²) in [6.45, 7) is 8.98. The zero-order chi connectivity index (χ0) is 13.3. The molecule has 0 spiro atoms. The SMILES string of the molecule is CC1(C)CCCN(Cc2ccc(CNC3CC3)o2)C1. The number of nitrogens with zero attached hydrogens (tertiary/aromatic N) is 1. The number of furan rings is 1. The van der Waals surface area contributed by atoms with Crippen LogP contribution < -0.4 is 5.32 Å². The Morgan fingerprint density at radius 3 is 2.84 bits per heavy atom. The average Bonchev–Trinajstić information content (AvgIpc) is 3.06. The Labute approximate surface area is 116 Å². The molecular weight excluding hydrogens is 236 g/mol. The van der Waals surface area contributed by atoms with E-state index in [1.165, 1.54) is 38.8 Å². The minimum atomic E-state index is 0.460. The van der Waals surface area contributed by atoms with Crippen LogP contribution in [0.25, 0.3) is 0 Å². The molecule has 0 aromatic carbocycles. The number of hydrogen-bond acceptors (Lipinski definition) is 3. The van der Waals surface area contributed by atoms with Crippen molar-refractivity contribution in [2.75, 3.05) is 13.1 Å². The van der Waals surface area contributed by atoms with Gasteiger partial charge in [-0.25, -0.2) is 0 Å². The molecule has 2 aliphatic rings. The lowest BCUT2D eigenvalue weighted by atomic mass is 9.84. The molecule has 3 nitrogen and oxygen atoms in total. The molecule has 2 heterocycles. The topological polar surface area (TPSA) is 28.4 Å². The van der Waals surface area contributed by atoms with Crippen molar-refractivity contribution in [1.29, 1.82) is 0 Å². The number of nitrogens with one attached hydrogen (secondary N) is 1. The van der Waals surface area contributed by atoms with Gasteiger partial charge in [0, 0.05) is 12.6 Å². The van der Waals surface area contributed by atoms with Crippen LogP contribution >= 0.6 is 0 Å². The molecule has 1 aliphatic heterocycles. The summed E-state index contributed by atoms with van der Waals surface area (Å²) in [7, 11) is 0. The van der Waals surface area contributed by atoms with Crippen molar-refractivity contribution in [3.8, 4) is 0 Å². The van der Waals surface area contributed by atoms with Gasteiger partial charge in [0.1, 0.15) is 11.5 Å². The van der Waals surface area contributed by atoms with Crippen molar-refractivity contribution in [3.05, 3.63) is 23.7 Å². The Hall–Kier alpha value is -0.800. The molecular formula is C16H26N2O. The Balaban J connectivity index is 1.51. The highest BCUT2D eigenvalue weighted by Gasteiger charge is 2.26. The maximum Gasteiger partial charge on any atom is 0.118 e. The van der Waals surface area contributed by atoms with Crippen molar-refractivity contribution >= 4 is 0 Å². The maximum absolute atomic E-state index is 5.93. The summed E-state index contributed by atoms with van der Waals surface area (Å²) in [5.74, 6) is 2.20. The fraction of sp³-hybridized carbons (Fsp3) is 0.750. The van der Waals surface area contributed by atoms with Crippen LogP contribution in [0.15, 0.2) is 16.5 Å². The third-order valence-electron chi connectivity index (χ3n) is 4.22. The highest BCUT2D eigenvalue weighted by atomic mass is 16.3. The molecule has 1 saturated heterocycles. The van der Waals surface area contributed by atoms with E-state index in [0.29, 0.717) is 5.41 Å². The van der Waals surface area contributed by atoms with E-state index in [9.17, 15) is 0 Å². The highest BCUT2D eigenvalue weighted by Crippen LogP contribution is 2.29. The van der Waals surface area contributed by atoms with Gasteiger partial charge in [0.05, 0.1) is 13.1 Å². The third kappa shape index (κ3) is 3.83. The molecule has 0 bridgehead atoms. The molecule has 106 valence electrons. The lowest BCUT2D eigenvalue weighted by Gasteiger charge is -2.37. The Morgan fingerprint density at radius 1 is 1.32 bits per heavy atom. The summed E-state index contributed by atoms with van der Waals surface area (Å²) in [4.78, 5) is 2.53. The predicted octanol–water partition coefficient (Wildman–Crippen LogP) is 3.15. The fourth-order valence-electron chi connectivity index (χ4n) is 3.03. The molecule has 2 fully saturated rings. The number of likely N-dealkylation sites (tertiary alicyclic amines) is 1.